The molecule has 0 saturated heterocycles. The predicted octanol–water partition coefficient (Wildman–Crippen LogP) is 1.56. The van der Waals surface area contributed by atoms with Gasteiger partial charge < -0.3 is 14.9 Å². The van der Waals surface area contributed by atoms with Gasteiger partial charge in [-0.3, -0.25) is 0 Å². The molecule has 6 heteroatoms. The van der Waals surface area contributed by atoms with Crippen LogP contribution in [-0.2, 0) is 9.53 Å². The van der Waals surface area contributed by atoms with Gasteiger partial charge in [0.15, 0.2) is 0 Å². The van der Waals surface area contributed by atoms with E-state index in [1.165, 1.54) is 18.2 Å². The summed E-state index contributed by atoms with van der Waals surface area (Å²) in [4.78, 5) is 22.2. The standard InChI is InChI=1S/C13H11NO5/c1-2-19-13(18)9(7-14)6-8-4-3-5-10(11(8)15)12(16)17/h3-6,15H,2H2,1H3,(H,16,17). The molecule has 98 valence electrons. The molecule has 0 aliphatic rings. The summed E-state index contributed by atoms with van der Waals surface area (Å²) >= 11 is 0. The maximum atomic E-state index is 11.4. The van der Waals surface area contributed by atoms with Gasteiger partial charge in [0.25, 0.3) is 0 Å². The number of hydrogen-bond donors (Lipinski definition) is 2. The van der Waals surface area contributed by atoms with Gasteiger partial charge in [0.2, 0.25) is 0 Å². The van der Waals surface area contributed by atoms with E-state index in [2.05, 4.69) is 4.74 Å². The van der Waals surface area contributed by atoms with E-state index in [-0.39, 0.29) is 23.3 Å². The summed E-state index contributed by atoms with van der Waals surface area (Å²) < 4.78 is 4.66. The van der Waals surface area contributed by atoms with Crippen LogP contribution in [0.2, 0.25) is 0 Å². The zero-order valence-electron chi connectivity index (χ0n) is 10.1. The lowest BCUT2D eigenvalue weighted by atomic mass is 10.1. The molecule has 0 amide bonds. The van der Waals surface area contributed by atoms with Crippen molar-refractivity contribution in [1.29, 1.82) is 5.26 Å². The number of benzene rings is 1. The highest BCUT2D eigenvalue weighted by atomic mass is 16.5. The highest BCUT2D eigenvalue weighted by Gasteiger charge is 2.15. The van der Waals surface area contributed by atoms with Gasteiger partial charge in [-0.05, 0) is 19.1 Å². The Kier molecular flexibility index (Phi) is 4.66. The summed E-state index contributed by atoms with van der Waals surface area (Å²) in [5.74, 6) is -2.64. The molecule has 0 spiro atoms. The van der Waals surface area contributed by atoms with Crippen LogP contribution < -0.4 is 0 Å². The largest absolute Gasteiger partial charge is 0.506 e. The number of carboxylic acid groups (broad SMARTS) is 1. The Morgan fingerprint density at radius 1 is 1.47 bits per heavy atom. The summed E-state index contributed by atoms with van der Waals surface area (Å²) in [7, 11) is 0. The molecule has 0 heterocycles. The third-order valence-electron chi connectivity index (χ3n) is 2.21. The molecule has 0 atom stereocenters. The number of para-hydroxylation sites is 1. The minimum absolute atomic E-state index is 0.0597. The highest BCUT2D eigenvalue weighted by Crippen LogP contribution is 2.24. The Morgan fingerprint density at radius 2 is 2.16 bits per heavy atom. The van der Waals surface area contributed by atoms with Crippen LogP contribution in [0.25, 0.3) is 6.08 Å². The van der Waals surface area contributed by atoms with Crippen LogP contribution in [-0.4, -0.2) is 28.8 Å². The van der Waals surface area contributed by atoms with E-state index in [0.29, 0.717) is 0 Å². The summed E-state index contributed by atoms with van der Waals surface area (Å²) in [5, 5.41) is 27.4. The SMILES string of the molecule is CCOC(=O)C(C#N)=Cc1cccc(C(=O)O)c1O. The van der Waals surface area contributed by atoms with Gasteiger partial charge >= 0.3 is 11.9 Å². The minimum atomic E-state index is -1.30. The first-order chi connectivity index (χ1) is 9.01. The van der Waals surface area contributed by atoms with Gasteiger partial charge in [-0.15, -0.1) is 0 Å². The first-order valence-corrected chi connectivity index (χ1v) is 5.35. The molecular formula is C13H11NO5. The van der Waals surface area contributed by atoms with Crippen molar-refractivity contribution in [3.8, 4) is 11.8 Å². The number of hydrogen-bond acceptors (Lipinski definition) is 5. The summed E-state index contributed by atoms with van der Waals surface area (Å²) in [6, 6.07) is 5.64. The summed E-state index contributed by atoms with van der Waals surface area (Å²) in [6.45, 7) is 1.70. The molecule has 0 unspecified atom stereocenters. The summed E-state index contributed by atoms with van der Waals surface area (Å²) in [6.07, 6.45) is 1.08. The number of esters is 1. The molecule has 1 rings (SSSR count). The molecule has 0 fully saturated rings. The Balaban J connectivity index is 3.24. The number of carbonyl (C=O) groups excluding carboxylic acids is 1. The number of rotatable bonds is 4. The van der Waals surface area contributed by atoms with E-state index < -0.39 is 17.7 Å². The highest BCUT2D eigenvalue weighted by molar-refractivity contribution is 5.99. The van der Waals surface area contributed by atoms with Crippen LogP contribution in [0.5, 0.6) is 5.75 Å². The fourth-order valence-corrected chi connectivity index (χ4v) is 1.35. The zero-order valence-corrected chi connectivity index (χ0v) is 10.1. The normalized spacial score (nSPS) is 10.6. The fraction of sp³-hybridized carbons (Fsp3) is 0.154. The molecule has 0 aromatic heterocycles. The van der Waals surface area contributed by atoms with Gasteiger partial charge in [0.1, 0.15) is 23.0 Å². The molecule has 19 heavy (non-hydrogen) atoms. The van der Waals surface area contributed by atoms with Crippen LogP contribution in [0.4, 0.5) is 0 Å². The van der Waals surface area contributed by atoms with Crippen molar-refractivity contribution in [3.63, 3.8) is 0 Å². The van der Waals surface area contributed by atoms with E-state index in [1.54, 1.807) is 13.0 Å². The lowest BCUT2D eigenvalue weighted by molar-refractivity contribution is -0.137. The molecular weight excluding hydrogens is 250 g/mol. The monoisotopic (exact) mass is 261 g/mol. The number of carbonyl (C=O) groups is 2. The molecule has 0 aliphatic carbocycles. The smallest absolute Gasteiger partial charge is 0.348 e. The second-order valence-electron chi connectivity index (χ2n) is 3.44. The topological polar surface area (TPSA) is 108 Å². The molecule has 2 N–H and O–H groups in total. The first-order valence-electron chi connectivity index (χ1n) is 5.35. The number of aromatic hydroxyl groups is 1. The van der Waals surface area contributed by atoms with Crippen molar-refractivity contribution >= 4 is 18.0 Å². The zero-order chi connectivity index (χ0) is 14.4. The Hall–Kier alpha value is -2.81. The molecule has 0 bridgehead atoms. The Bertz CT molecular complexity index is 583. The lowest BCUT2D eigenvalue weighted by Crippen LogP contribution is -2.06. The van der Waals surface area contributed by atoms with Crippen LogP contribution in [0.1, 0.15) is 22.8 Å². The van der Waals surface area contributed by atoms with Gasteiger partial charge in [-0.25, -0.2) is 9.59 Å². The average molecular weight is 261 g/mol. The van der Waals surface area contributed by atoms with Gasteiger partial charge in [-0.1, -0.05) is 12.1 Å². The van der Waals surface area contributed by atoms with E-state index in [9.17, 15) is 14.7 Å². The van der Waals surface area contributed by atoms with E-state index in [0.717, 1.165) is 6.08 Å². The average Bonchev–Trinajstić information content (AvgIpc) is 2.37. The number of aromatic carboxylic acids is 1. The first kappa shape index (κ1) is 14.3. The van der Waals surface area contributed by atoms with Gasteiger partial charge in [-0.2, -0.15) is 5.26 Å². The third-order valence-corrected chi connectivity index (χ3v) is 2.21. The van der Waals surface area contributed by atoms with Crippen LogP contribution in [0.3, 0.4) is 0 Å². The Labute approximate surface area is 109 Å². The molecule has 0 radical (unpaired) electrons. The van der Waals surface area contributed by atoms with E-state index in [4.69, 9.17) is 10.4 Å². The van der Waals surface area contributed by atoms with Gasteiger partial charge in [0, 0.05) is 5.56 Å². The van der Waals surface area contributed by atoms with Crippen LogP contribution >= 0.6 is 0 Å². The quantitative estimate of drug-likeness (QED) is 0.483. The molecule has 6 nitrogen and oxygen atoms in total. The summed E-state index contributed by atoms with van der Waals surface area (Å²) in [5.41, 5.74) is -0.570. The van der Waals surface area contributed by atoms with E-state index in [1.807, 2.05) is 0 Å². The van der Waals surface area contributed by atoms with Crippen molar-refractivity contribution in [1.82, 2.24) is 0 Å². The predicted molar refractivity (Wildman–Crippen MR) is 65.3 cm³/mol. The maximum absolute atomic E-state index is 11.4. The second-order valence-corrected chi connectivity index (χ2v) is 3.44. The van der Waals surface area contributed by atoms with Crippen molar-refractivity contribution in [2.45, 2.75) is 6.92 Å². The number of carboxylic acids is 1. The maximum Gasteiger partial charge on any atom is 0.348 e. The lowest BCUT2D eigenvalue weighted by Gasteiger charge is -2.04. The van der Waals surface area contributed by atoms with Crippen LogP contribution in [0, 0.1) is 11.3 Å². The molecule has 1 aromatic carbocycles. The van der Waals surface area contributed by atoms with Crippen molar-refractivity contribution in [3.05, 3.63) is 34.9 Å². The van der Waals surface area contributed by atoms with Crippen LogP contribution in [0.15, 0.2) is 23.8 Å². The third kappa shape index (κ3) is 3.33. The number of nitriles is 1. The molecule has 0 saturated carbocycles. The molecule has 0 aliphatic heterocycles. The minimum Gasteiger partial charge on any atom is -0.506 e. The fourth-order valence-electron chi connectivity index (χ4n) is 1.35. The molecule has 1 aromatic rings. The number of ether oxygens (including phenoxy) is 1. The van der Waals surface area contributed by atoms with Crippen molar-refractivity contribution < 1.29 is 24.5 Å². The van der Waals surface area contributed by atoms with Crippen molar-refractivity contribution in [2.24, 2.45) is 0 Å². The number of nitrogens with zero attached hydrogens (tertiary/aromatic N) is 1. The van der Waals surface area contributed by atoms with Crippen molar-refractivity contribution in [2.75, 3.05) is 6.61 Å². The Morgan fingerprint density at radius 3 is 2.68 bits per heavy atom. The van der Waals surface area contributed by atoms with Gasteiger partial charge in [0.05, 0.1) is 6.61 Å². The van der Waals surface area contributed by atoms with E-state index >= 15 is 0 Å². The second kappa shape index (κ2) is 6.21. The number of phenols is 1.